The lowest BCUT2D eigenvalue weighted by atomic mass is 10.2. The van der Waals surface area contributed by atoms with E-state index in [0.717, 1.165) is 17.1 Å². The molecule has 0 spiro atoms. The minimum absolute atomic E-state index is 0.382. The fraction of sp³-hybridized carbons (Fsp3) is 0.294. The first-order valence-electron chi connectivity index (χ1n) is 7.16. The molecule has 0 bridgehead atoms. The van der Waals surface area contributed by atoms with Crippen molar-refractivity contribution in [3.05, 3.63) is 54.2 Å². The summed E-state index contributed by atoms with van der Waals surface area (Å²) in [6, 6.07) is 13.6. The molecule has 0 aliphatic heterocycles. The van der Waals surface area contributed by atoms with Crippen LogP contribution in [0.25, 0.3) is 0 Å². The van der Waals surface area contributed by atoms with Crippen molar-refractivity contribution in [1.29, 1.82) is 0 Å². The van der Waals surface area contributed by atoms with Gasteiger partial charge in [0.1, 0.15) is 11.4 Å². The van der Waals surface area contributed by atoms with Crippen molar-refractivity contribution >= 4 is 17.6 Å². The van der Waals surface area contributed by atoms with E-state index in [1.165, 1.54) is 0 Å². The molecule has 5 nitrogen and oxygen atoms in total. The van der Waals surface area contributed by atoms with Crippen molar-refractivity contribution in [2.45, 2.75) is 32.9 Å². The van der Waals surface area contributed by atoms with Crippen LogP contribution in [0.3, 0.4) is 0 Å². The number of hydrogen-bond acceptors (Lipinski definition) is 4. The van der Waals surface area contributed by atoms with Crippen LogP contribution in [0, 0.1) is 0 Å². The van der Waals surface area contributed by atoms with Crippen LogP contribution in [-0.2, 0) is 11.3 Å². The second-order valence-corrected chi connectivity index (χ2v) is 5.90. The Labute approximate surface area is 130 Å². The number of carbonyl (C=O) groups is 1. The van der Waals surface area contributed by atoms with Gasteiger partial charge in [-0.3, -0.25) is 0 Å². The van der Waals surface area contributed by atoms with Gasteiger partial charge in [0.2, 0.25) is 0 Å². The minimum Gasteiger partial charge on any atom is -0.444 e. The SMILES string of the molecule is CC(C)(C)OC(=O)NCc1ccc(Nc2ccccc2)nc1. The fourth-order valence-electron chi connectivity index (χ4n) is 1.76. The van der Waals surface area contributed by atoms with Crippen molar-refractivity contribution in [3.63, 3.8) is 0 Å². The average molecular weight is 299 g/mol. The Morgan fingerprint density at radius 2 is 1.86 bits per heavy atom. The van der Waals surface area contributed by atoms with Crippen LogP contribution < -0.4 is 10.6 Å². The molecule has 0 aliphatic carbocycles. The highest BCUT2D eigenvalue weighted by atomic mass is 16.6. The molecule has 0 aliphatic rings. The van der Waals surface area contributed by atoms with Crippen molar-refractivity contribution in [1.82, 2.24) is 10.3 Å². The van der Waals surface area contributed by atoms with Gasteiger partial charge in [0, 0.05) is 18.4 Å². The van der Waals surface area contributed by atoms with E-state index in [0.29, 0.717) is 6.54 Å². The van der Waals surface area contributed by atoms with Gasteiger partial charge in [-0.1, -0.05) is 24.3 Å². The quantitative estimate of drug-likeness (QED) is 0.900. The molecule has 1 amide bonds. The fourth-order valence-corrected chi connectivity index (χ4v) is 1.76. The zero-order valence-corrected chi connectivity index (χ0v) is 13.1. The standard InChI is InChI=1S/C17H21N3O2/c1-17(2,3)22-16(21)19-12-13-9-10-15(18-11-13)20-14-7-5-4-6-8-14/h4-11H,12H2,1-3H3,(H,18,20)(H,19,21). The van der Waals surface area contributed by atoms with Crippen molar-refractivity contribution in [2.24, 2.45) is 0 Å². The van der Waals surface area contributed by atoms with E-state index in [1.54, 1.807) is 6.20 Å². The molecule has 2 rings (SSSR count). The summed E-state index contributed by atoms with van der Waals surface area (Å²) < 4.78 is 5.18. The molecule has 5 heteroatoms. The number of anilines is 2. The molecule has 2 N–H and O–H groups in total. The maximum atomic E-state index is 11.6. The van der Waals surface area contributed by atoms with Gasteiger partial charge in [-0.25, -0.2) is 9.78 Å². The highest BCUT2D eigenvalue weighted by Gasteiger charge is 2.15. The lowest BCUT2D eigenvalue weighted by Gasteiger charge is -2.19. The molecule has 1 aromatic heterocycles. The second kappa shape index (κ2) is 6.93. The number of nitrogens with zero attached hydrogens (tertiary/aromatic N) is 1. The monoisotopic (exact) mass is 299 g/mol. The molecular weight excluding hydrogens is 278 g/mol. The van der Waals surface area contributed by atoms with E-state index < -0.39 is 11.7 Å². The molecule has 1 aromatic carbocycles. The number of para-hydroxylation sites is 1. The van der Waals surface area contributed by atoms with Crippen LogP contribution in [0.4, 0.5) is 16.3 Å². The Hall–Kier alpha value is -2.56. The average Bonchev–Trinajstić information content (AvgIpc) is 2.46. The van der Waals surface area contributed by atoms with E-state index in [-0.39, 0.29) is 0 Å². The molecule has 1 heterocycles. The summed E-state index contributed by atoms with van der Waals surface area (Å²) in [6.45, 7) is 5.88. The van der Waals surface area contributed by atoms with Gasteiger partial charge < -0.3 is 15.4 Å². The predicted molar refractivity (Wildman–Crippen MR) is 87.0 cm³/mol. The molecule has 116 valence electrons. The van der Waals surface area contributed by atoms with Gasteiger partial charge in [0.15, 0.2) is 0 Å². The third kappa shape index (κ3) is 5.44. The summed E-state index contributed by atoms with van der Waals surface area (Å²) in [7, 11) is 0. The summed E-state index contributed by atoms with van der Waals surface area (Å²) in [6.07, 6.45) is 1.29. The number of aromatic nitrogens is 1. The Morgan fingerprint density at radius 1 is 1.14 bits per heavy atom. The van der Waals surface area contributed by atoms with Crippen LogP contribution in [0.5, 0.6) is 0 Å². The molecule has 0 saturated carbocycles. The highest BCUT2D eigenvalue weighted by Crippen LogP contribution is 2.14. The Morgan fingerprint density at radius 3 is 2.45 bits per heavy atom. The molecule has 0 unspecified atom stereocenters. The molecular formula is C17H21N3O2. The molecule has 0 radical (unpaired) electrons. The molecule has 2 aromatic rings. The zero-order valence-electron chi connectivity index (χ0n) is 13.1. The lowest BCUT2D eigenvalue weighted by molar-refractivity contribution is 0.0523. The number of nitrogens with one attached hydrogen (secondary N) is 2. The first-order chi connectivity index (χ1) is 10.4. The second-order valence-electron chi connectivity index (χ2n) is 5.90. The Kier molecular flexibility index (Phi) is 4.99. The van der Waals surface area contributed by atoms with E-state index >= 15 is 0 Å². The zero-order chi connectivity index (χ0) is 16.0. The number of carbonyl (C=O) groups excluding carboxylic acids is 1. The van der Waals surface area contributed by atoms with Crippen LogP contribution in [0.2, 0.25) is 0 Å². The number of alkyl carbamates (subject to hydrolysis) is 1. The normalized spacial score (nSPS) is 10.9. The first kappa shape index (κ1) is 15.8. The number of benzene rings is 1. The Balaban J connectivity index is 1.86. The van der Waals surface area contributed by atoms with E-state index in [1.807, 2.05) is 63.2 Å². The van der Waals surface area contributed by atoms with Crippen molar-refractivity contribution in [2.75, 3.05) is 5.32 Å². The van der Waals surface area contributed by atoms with E-state index in [4.69, 9.17) is 4.74 Å². The maximum Gasteiger partial charge on any atom is 0.407 e. The van der Waals surface area contributed by atoms with Gasteiger partial charge in [-0.15, -0.1) is 0 Å². The van der Waals surface area contributed by atoms with Gasteiger partial charge in [-0.05, 0) is 44.5 Å². The largest absolute Gasteiger partial charge is 0.444 e. The van der Waals surface area contributed by atoms with E-state index in [2.05, 4.69) is 15.6 Å². The summed E-state index contributed by atoms with van der Waals surface area (Å²) in [4.78, 5) is 15.9. The smallest absolute Gasteiger partial charge is 0.407 e. The van der Waals surface area contributed by atoms with Crippen LogP contribution >= 0.6 is 0 Å². The number of hydrogen-bond donors (Lipinski definition) is 2. The molecule has 0 atom stereocenters. The summed E-state index contributed by atoms with van der Waals surface area (Å²) in [5.74, 6) is 0.757. The van der Waals surface area contributed by atoms with Gasteiger partial charge >= 0.3 is 6.09 Å². The van der Waals surface area contributed by atoms with Gasteiger partial charge in [-0.2, -0.15) is 0 Å². The van der Waals surface area contributed by atoms with Crippen LogP contribution in [-0.4, -0.2) is 16.7 Å². The lowest BCUT2D eigenvalue weighted by Crippen LogP contribution is -2.32. The third-order valence-electron chi connectivity index (χ3n) is 2.71. The third-order valence-corrected chi connectivity index (χ3v) is 2.71. The molecule has 0 saturated heterocycles. The first-order valence-corrected chi connectivity index (χ1v) is 7.16. The number of amides is 1. The van der Waals surface area contributed by atoms with Gasteiger partial charge in [0.25, 0.3) is 0 Å². The summed E-state index contributed by atoms with van der Waals surface area (Å²) >= 11 is 0. The molecule has 22 heavy (non-hydrogen) atoms. The van der Waals surface area contributed by atoms with Crippen LogP contribution in [0.1, 0.15) is 26.3 Å². The molecule has 0 fully saturated rings. The van der Waals surface area contributed by atoms with E-state index in [9.17, 15) is 4.79 Å². The number of pyridine rings is 1. The summed E-state index contributed by atoms with van der Waals surface area (Å²) in [5, 5.41) is 5.91. The summed E-state index contributed by atoms with van der Waals surface area (Å²) in [5.41, 5.74) is 1.39. The minimum atomic E-state index is -0.494. The number of ether oxygens (including phenoxy) is 1. The Bertz CT molecular complexity index is 604. The van der Waals surface area contributed by atoms with Crippen LogP contribution in [0.15, 0.2) is 48.7 Å². The van der Waals surface area contributed by atoms with Crippen molar-refractivity contribution < 1.29 is 9.53 Å². The topological polar surface area (TPSA) is 63.2 Å². The highest BCUT2D eigenvalue weighted by molar-refractivity contribution is 5.67. The van der Waals surface area contributed by atoms with Crippen molar-refractivity contribution in [3.8, 4) is 0 Å². The maximum absolute atomic E-state index is 11.6. The predicted octanol–water partition coefficient (Wildman–Crippen LogP) is 3.85. The van der Waals surface area contributed by atoms with Gasteiger partial charge in [0.05, 0.1) is 0 Å². The number of rotatable bonds is 4.